The molecule has 1 aliphatic carbocycles. The summed E-state index contributed by atoms with van der Waals surface area (Å²) in [6, 6.07) is 2.12. The fraction of sp³-hybridized carbons (Fsp3) is 1.00. The molecule has 1 N–H and O–H groups in total. The molecule has 0 aromatic carbocycles. The highest BCUT2D eigenvalue weighted by molar-refractivity contribution is 4.95. The van der Waals surface area contributed by atoms with Gasteiger partial charge >= 0.3 is 0 Å². The largest absolute Gasteiger partial charge is 0.380 e. The van der Waals surface area contributed by atoms with Gasteiger partial charge in [0, 0.05) is 37.8 Å². The molecule has 3 heteroatoms. The van der Waals surface area contributed by atoms with Gasteiger partial charge in [-0.25, -0.2) is 0 Å². The van der Waals surface area contributed by atoms with Crippen LogP contribution in [0.4, 0.5) is 0 Å². The van der Waals surface area contributed by atoms with Crippen LogP contribution in [0.1, 0.15) is 58.8 Å². The minimum Gasteiger partial charge on any atom is -0.380 e. The molecule has 122 valence electrons. The van der Waals surface area contributed by atoms with Crippen molar-refractivity contribution in [3.8, 4) is 0 Å². The van der Waals surface area contributed by atoms with E-state index in [-0.39, 0.29) is 0 Å². The topological polar surface area (TPSA) is 24.5 Å². The lowest BCUT2D eigenvalue weighted by atomic mass is 9.80. The first-order chi connectivity index (χ1) is 10.3. The van der Waals surface area contributed by atoms with Gasteiger partial charge in [-0.3, -0.25) is 4.90 Å². The van der Waals surface area contributed by atoms with E-state index in [0.717, 1.165) is 31.1 Å². The Morgan fingerprint density at radius 1 is 1.19 bits per heavy atom. The molecular formula is C18H34N2O. The van der Waals surface area contributed by atoms with Crippen LogP contribution >= 0.6 is 0 Å². The molecule has 4 atom stereocenters. The van der Waals surface area contributed by atoms with E-state index in [4.69, 9.17) is 4.74 Å². The van der Waals surface area contributed by atoms with E-state index < -0.39 is 0 Å². The second kappa shape index (κ2) is 7.43. The SMILES string of the molecule is CCC(C)C1CN(C2CCOC2)C(C2CCCCC2)CN1. The summed E-state index contributed by atoms with van der Waals surface area (Å²) in [7, 11) is 0. The molecule has 0 aromatic rings. The molecule has 0 amide bonds. The molecule has 3 aliphatic rings. The summed E-state index contributed by atoms with van der Waals surface area (Å²) in [5.41, 5.74) is 0. The normalized spacial score (nSPS) is 37.7. The first-order valence-electron chi connectivity index (χ1n) is 9.36. The van der Waals surface area contributed by atoms with E-state index in [1.54, 1.807) is 0 Å². The Morgan fingerprint density at radius 3 is 2.67 bits per heavy atom. The highest BCUT2D eigenvalue weighted by Gasteiger charge is 2.39. The third-order valence-corrected chi connectivity index (χ3v) is 6.32. The maximum atomic E-state index is 5.71. The lowest BCUT2D eigenvalue weighted by Crippen LogP contribution is -2.63. The lowest BCUT2D eigenvalue weighted by molar-refractivity contribution is 0.0206. The number of nitrogens with one attached hydrogen (secondary N) is 1. The van der Waals surface area contributed by atoms with Gasteiger partial charge in [0.1, 0.15) is 0 Å². The Morgan fingerprint density at radius 2 is 2.00 bits per heavy atom. The van der Waals surface area contributed by atoms with Gasteiger partial charge in [-0.15, -0.1) is 0 Å². The predicted molar refractivity (Wildman–Crippen MR) is 87.5 cm³/mol. The highest BCUT2D eigenvalue weighted by atomic mass is 16.5. The fourth-order valence-corrected chi connectivity index (χ4v) is 4.64. The van der Waals surface area contributed by atoms with E-state index in [0.29, 0.717) is 12.1 Å². The number of hydrogen-bond acceptors (Lipinski definition) is 3. The Bertz CT molecular complexity index is 310. The number of rotatable bonds is 4. The van der Waals surface area contributed by atoms with Crippen molar-refractivity contribution in [3.63, 3.8) is 0 Å². The summed E-state index contributed by atoms with van der Waals surface area (Å²) in [6.45, 7) is 9.11. The molecule has 3 rings (SSSR count). The molecule has 3 fully saturated rings. The maximum absolute atomic E-state index is 5.71. The van der Waals surface area contributed by atoms with E-state index in [1.807, 2.05) is 0 Å². The third kappa shape index (κ3) is 3.62. The minimum atomic E-state index is 0.676. The molecule has 1 saturated carbocycles. The maximum Gasteiger partial charge on any atom is 0.0622 e. The van der Waals surface area contributed by atoms with Gasteiger partial charge in [-0.2, -0.15) is 0 Å². The van der Waals surface area contributed by atoms with Crippen LogP contribution in [-0.2, 0) is 4.74 Å². The zero-order valence-electron chi connectivity index (χ0n) is 14.0. The summed E-state index contributed by atoms with van der Waals surface area (Å²) in [5, 5.41) is 3.89. The van der Waals surface area contributed by atoms with Gasteiger partial charge in [-0.1, -0.05) is 39.5 Å². The van der Waals surface area contributed by atoms with Crippen LogP contribution in [-0.4, -0.2) is 49.3 Å². The van der Waals surface area contributed by atoms with E-state index in [2.05, 4.69) is 24.1 Å². The van der Waals surface area contributed by atoms with E-state index in [9.17, 15) is 0 Å². The molecular weight excluding hydrogens is 260 g/mol. The van der Waals surface area contributed by atoms with E-state index >= 15 is 0 Å². The van der Waals surface area contributed by atoms with Gasteiger partial charge in [0.15, 0.2) is 0 Å². The molecule has 21 heavy (non-hydrogen) atoms. The standard InChI is InChI=1S/C18H34N2O/c1-3-14(2)17-12-20(16-9-10-21-13-16)18(11-19-17)15-7-5-4-6-8-15/h14-19H,3-13H2,1-2H3. The zero-order valence-corrected chi connectivity index (χ0v) is 14.0. The fourth-order valence-electron chi connectivity index (χ4n) is 4.64. The van der Waals surface area contributed by atoms with Gasteiger partial charge in [0.2, 0.25) is 0 Å². The monoisotopic (exact) mass is 294 g/mol. The first-order valence-corrected chi connectivity index (χ1v) is 9.36. The molecule has 0 bridgehead atoms. The predicted octanol–water partition coefficient (Wildman–Crippen LogP) is 3.04. The molecule has 0 aromatic heterocycles. The van der Waals surface area contributed by atoms with Crippen LogP contribution in [0.25, 0.3) is 0 Å². The van der Waals surface area contributed by atoms with Gasteiger partial charge in [-0.05, 0) is 31.1 Å². The lowest BCUT2D eigenvalue weighted by Gasteiger charge is -2.48. The van der Waals surface area contributed by atoms with Crippen molar-refractivity contribution < 1.29 is 4.74 Å². The van der Waals surface area contributed by atoms with Crippen LogP contribution in [0.5, 0.6) is 0 Å². The molecule has 2 saturated heterocycles. The minimum absolute atomic E-state index is 0.676. The van der Waals surface area contributed by atoms with Crippen molar-refractivity contribution in [2.45, 2.75) is 76.9 Å². The van der Waals surface area contributed by atoms with Crippen LogP contribution in [0.2, 0.25) is 0 Å². The molecule has 2 aliphatic heterocycles. The Labute approximate surface area is 130 Å². The summed E-state index contributed by atoms with van der Waals surface area (Å²) in [6.07, 6.45) is 9.78. The molecule has 2 heterocycles. The summed E-state index contributed by atoms with van der Waals surface area (Å²) in [5.74, 6) is 1.70. The third-order valence-electron chi connectivity index (χ3n) is 6.32. The number of hydrogen-bond donors (Lipinski definition) is 1. The average molecular weight is 294 g/mol. The Kier molecular flexibility index (Phi) is 5.58. The molecule has 0 spiro atoms. The van der Waals surface area contributed by atoms with Crippen LogP contribution in [0.3, 0.4) is 0 Å². The van der Waals surface area contributed by atoms with E-state index in [1.165, 1.54) is 58.0 Å². The Balaban J connectivity index is 1.68. The number of piperazine rings is 1. The molecule has 0 radical (unpaired) electrons. The van der Waals surface area contributed by atoms with Crippen molar-refractivity contribution in [2.24, 2.45) is 11.8 Å². The van der Waals surface area contributed by atoms with Gasteiger partial charge < -0.3 is 10.1 Å². The second-order valence-corrected chi connectivity index (χ2v) is 7.58. The van der Waals surface area contributed by atoms with Crippen molar-refractivity contribution in [1.82, 2.24) is 10.2 Å². The number of ether oxygens (including phenoxy) is 1. The van der Waals surface area contributed by atoms with Crippen LogP contribution in [0.15, 0.2) is 0 Å². The van der Waals surface area contributed by atoms with Crippen molar-refractivity contribution in [2.75, 3.05) is 26.3 Å². The van der Waals surface area contributed by atoms with Crippen molar-refractivity contribution in [3.05, 3.63) is 0 Å². The quantitative estimate of drug-likeness (QED) is 0.862. The smallest absolute Gasteiger partial charge is 0.0622 e. The second-order valence-electron chi connectivity index (χ2n) is 7.58. The molecule has 3 nitrogen and oxygen atoms in total. The summed E-state index contributed by atoms with van der Waals surface area (Å²) < 4.78 is 5.71. The first kappa shape index (κ1) is 15.8. The highest BCUT2D eigenvalue weighted by Crippen LogP contribution is 2.33. The van der Waals surface area contributed by atoms with Gasteiger partial charge in [0.05, 0.1) is 6.61 Å². The van der Waals surface area contributed by atoms with Crippen LogP contribution in [0, 0.1) is 11.8 Å². The van der Waals surface area contributed by atoms with Crippen molar-refractivity contribution >= 4 is 0 Å². The molecule has 4 unspecified atom stereocenters. The summed E-state index contributed by atoms with van der Waals surface area (Å²) in [4.78, 5) is 2.86. The van der Waals surface area contributed by atoms with Crippen LogP contribution < -0.4 is 5.32 Å². The van der Waals surface area contributed by atoms with Crippen molar-refractivity contribution in [1.29, 1.82) is 0 Å². The Hall–Kier alpha value is -0.120. The zero-order chi connectivity index (χ0) is 14.7. The average Bonchev–Trinajstić information content (AvgIpc) is 3.09. The summed E-state index contributed by atoms with van der Waals surface area (Å²) >= 11 is 0. The van der Waals surface area contributed by atoms with Gasteiger partial charge in [0.25, 0.3) is 0 Å². The number of nitrogens with zero attached hydrogens (tertiary/aromatic N) is 1.